The number of rotatable bonds is 6. The Morgan fingerprint density at radius 1 is 1.14 bits per heavy atom. The number of hydrogen-bond acceptors (Lipinski definition) is 4. The van der Waals surface area contributed by atoms with Gasteiger partial charge in [-0.25, -0.2) is 4.79 Å². The molecule has 1 atom stereocenters. The summed E-state index contributed by atoms with van der Waals surface area (Å²) in [6.07, 6.45) is 0.0182. The molecule has 0 bridgehead atoms. The standard InChI is InChI=1S/C24H32F3N5O3/c1-15-12-21(33)30-19-13-17(22(34)28-9-6-16-2-3-16)4-5-20(19)32(15)23(35)31-10-7-18(8-11-31)29-14-24(25,26)27/h4-5,13,15-16,18,29H,2-3,6-12,14H2,1H3,(H,28,34)(H,30,33). The Hall–Kier alpha value is -2.82. The number of carbonyl (C=O) groups is 3. The molecule has 3 aliphatic rings. The summed E-state index contributed by atoms with van der Waals surface area (Å²) in [4.78, 5) is 41.7. The molecule has 1 aromatic rings. The van der Waals surface area contributed by atoms with Crippen LogP contribution in [0.15, 0.2) is 18.2 Å². The third-order valence-corrected chi connectivity index (χ3v) is 6.81. The third-order valence-electron chi connectivity index (χ3n) is 6.81. The number of urea groups is 1. The van der Waals surface area contributed by atoms with Gasteiger partial charge in [0, 0.05) is 43.7 Å². The summed E-state index contributed by atoms with van der Waals surface area (Å²) in [5.41, 5.74) is 1.29. The van der Waals surface area contributed by atoms with Gasteiger partial charge in [-0.05, 0) is 50.3 Å². The molecule has 1 saturated heterocycles. The number of anilines is 2. The predicted octanol–water partition coefficient (Wildman–Crippen LogP) is 3.49. The van der Waals surface area contributed by atoms with Crippen molar-refractivity contribution < 1.29 is 27.6 Å². The second kappa shape index (κ2) is 10.4. The highest BCUT2D eigenvalue weighted by Gasteiger charge is 2.35. The number of carbonyl (C=O) groups excluding carboxylic acids is 3. The van der Waals surface area contributed by atoms with Crippen molar-refractivity contribution in [2.75, 3.05) is 36.4 Å². The molecule has 1 aromatic carbocycles. The van der Waals surface area contributed by atoms with Crippen LogP contribution < -0.4 is 20.9 Å². The molecule has 2 aliphatic heterocycles. The summed E-state index contributed by atoms with van der Waals surface area (Å²) in [6, 6.07) is 3.87. The Labute approximate surface area is 202 Å². The van der Waals surface area contributed by atoms with Crippen molar-refractivity contribution in [1.82, 2.24) is 15.5 Å². The van der Waals surface area contributed by atoms with Crippen molar-refractivity contribution in [2.45, 2.75) is 63.7 Å². The molecule has 1 unspecified atom stereocenters. The van der Waals surface area contributed by atoms with Crippen LogP contribution in [0.25, 0.3) is 0 Å². The van der Waals surface area contributed by atoms with Crippen molar-refractivity contribution in [2.24, 2.45) is 5.92 Å². The normalized spacial score (nSPS) is 21.3. The lowest BCUT2D eigenvalue weighted by Gasteiger charge is -2.38. The van der Waals surface area contributed by atoms with Gasteiger partial charge in [0.1, 0.15) is 0 Å². The van der Waals surface area contributed by atoms with E-state index >= 15 is 0 Å². The lowest BCUT2D eigenvalue weighted by molar-refractivity contribution is -0.126. The predicted molar refractivity (Wildman–Crippen MR) is 125 cm³/mol. The highest BCUT2D eigenvalue weighted by molar-refractivity contribution is 6.06. The molecule has 2 heterocycles. The summed E-state index contributed by atoms with van der Waals surface area (Å²) < 4.78 is 37.5. The number of hydrogen-bond donors (Lipinski definition) is 3. The van der Waals surface area contributed by atoms with Crippen LogP contribution in [0.4, 0.5) is 29.3 Å². The zero-order chi connectivity index (χ0) is 25.2. The second-order valence-corrected chi connectivity index (χ2v) is 9.73. The van der Waals surface area contributed by atoms with E-state index < -0.39 is 18.8 Å². The van der Waals surface area contributed by atoms with Crippen molar-refractivity contribution in [3.63, 3.8) is 0 Å². The van der Waals surface area contributed by atoms with E-state index in [1.807, 2.05) is 0 Å². The maximum Gasteiger partial charge on any atom is 0.401 e. The van der Waals surface area contributed by atoms with Crippen molar-refractivity contribution in [1.29, 1.82) is 0 Å². The van der Waals surface area contributed by atoms with Gasteiger partial charge in [-0.1, -0.05) is 12.8 Å². The molecule has 0 spiro atoms. The summed E-state index contributed by atoms with van der Waals surface area (Å²) in [5.74, 6) is 0.217. The van der Waals surface area contributed by atoms with Crippen LogP contribution in [0.5, 0.6) is 0 Å². The molecule has 0 radical (unpaired) electrons. The van der Waals surface area contributed by atoms with Crippen LogP contribution in [0.3, 0.4) is 0 Å². The number of amides is 4. The fourth-order valence-electron chi connectivity index (χ4n) is 4.66. The molecule has 4 rings (SSSR count). The van der Waals surface area contributed by atoms with Crippen LogP contribution in [0, 0.1) is 5.92 Å². The van der Waals surface area contributed by atoms with E-state index in [-0.39, 0.29) is 30.3 Å². The number of nitrogens with one attached hydrogen (secondary N) is 3. The van der Waals surface area contributed by atoms with Crippen LogP contribution in [0.2, 0.25) is 0 Å². The van der Waals surface area contributed by atoms with Crippen molar-refractivity contribution in [3.05, 3.63) is 23.8 Å². The molecule has 11 heteroatoms. The van der Waals surface area contributed by atoms with Crippen LogP contribution in [0.1, 0.15) is 55.8 Å². The first-order valence-corrected chi connectivity index (χ1v) is 12.2. The van der Waals surface area contributed by atoms with E-state index in [1.165, 1.54) is 12.8 Å². The third kappa shape index (κ3) is 6.65. The van der Waals surface area contributed by atoms with Gasteiger partial charge in [0.15, 0.2) is 0 Å². The lowest BCUT2D eigenvalue weighted by atomic mass is 10.0. The summed E-state index contributed by atoms with van der Waals surface area (Å²) >= 11 is 0. The Morgan fingerprint density at radius 2 is 1.86 bits per heavy atom. The van der Waals surface area contributed by atoms with Gasteiger partial charge in [0.05, 0.1) is 17.9 Å². The van der Waals surface area contributed by atoms with E-state index in [2.05, 4.69) is 16.0 Å². The number of benzene rings is 1. The molecule has 1 saturated carbocycles. The minimum atomic E-state index is -4.27. The molecule has 0 aromatic heterocycles. The SMILES string of the molecule is CC1CC(=O)Nc2cc(C(=O)NCCC3CC3)ccc2N1C(=O)N1CCC(NCC(F)(F)F)CC1. The van der Waals surface area contributed by atoms with Crippen molar-refractivity contribution >= 4 is 29.2 Å². The van der Waals surface area contributed by atoms with Crippen LogP contribution in [-0.4, -0.2) is 67.2 Å². The number of halogens is 3. The molecule has 8 nitrogen and oxygen atoms in total. The fraction of sp³-hybridized carbons (Fsp3) is 0.625. The fourth-order valence-corrected chi connectivity index (χ4v) is 4.66. The number of piperidine rings is 1. The molecule has 192 valence electrons. The Bertz CT molecular complexity index is 958. The molecule has 35 heavy (non-hydrogen) atoms. The Balaban J connectivity index is 1.44. The van der Waals surface area contributed by atoms with Gasteiger partial charge in [0.25, 0.3) is 5.91 Å². The maximum absolute atomic E-state index is 13.5. The highest BCUT2D eigenvalue weighted by atomic mass is 19.4. The molecule has 2 fully saturated rings. The smallest absolute Gasteiger partial charge is 0.352 e. The summed E-state index contributed by atoms with van der Waals surface area (Å²) in [6.45, 7) is 1.96. The molecule has 4 amide bonds. The number of nitrogens with zero attached hydrogens (tertiary/aromatic N) is 2. The Kier molecular flexibility index (Phi) is 7.53. The average molecular weight is 496 g/mol. The van der Waals surface area contributed by atoms with Crippen molar-refractivity contribution in [3.8, 4) is 0 Å². The van der Waals surface area contributed by atoms with E-state index in [1.54, 1.807) is 34.9 Å². The Morgan fingerprint density at radius 3 is 2.51 bits per heavy atom. The van der Waals surface area contributed by atoms with E-state index in [0.29, 0.717) is 55.3 Å². The average Bonchev–Trinajstić information content (AvgIpc) is 3.63. The zero-order valence-electron chi connectivity index (χ0n) is 19.8. The topological polar surface area (TPSA) is 93.8 Å². The van der Waals surface area contributed by atoms with Crippen LogP contribution in [-0.2, 0) is 4.79 Å². The first-order valence-electron chi connectivity index (χ1n) is 12.2. The van der Waals surface area contributed by atoms with Gasteiger partial charge in [0.2, 0.25) is 5.91 Å². The minimum absolute atomic E-state index is 0.0902. The molecular weight excluding hydrogens is 463 g/mol. The maximum atomic E-state index is 13.5. The first-order chi connectivity index (χ1) is 16.6. The monoisotopic (exact) mass is 495 g/mol. The number of alkyl halides is 3. The molecular formula is C24H32F3N5O3. The highest BCUT2D eigenvalue weighted by Crippen LogP contribution is 2.34. The van der Waals surface area contributed by atoms with Gasteiger partial charge < -0.3 is 20.9 Å². The van der Waals surface area contributed by atoms with E-state index in [4.69, 9.17) is 0 Å². The summed E-state index contributed by atoms with van der Waals surface area (Å²) in [5, 5.41) is 8.23. The minimum Gasteiger partial charge on any atom is -0.352 e. The zero-order valence-corrected chi connectivity index (χ0v) is 19.8. The van der Waals surface area contributed by atoms with Crippen LogP contribution >= 0.6 is 0 Å². The van der Waals surface area contributed by atoms with Gasteiger partial charge >= 0.3 is 12.2 Å². The quantitative estimate of drug-likeness (QED) is 0.563. The molecule has 3 N–H and O–H groups in total. The number of likely N-dealkylation sites (tertiary alicyclic amines) is 1. The number of fused-ring (bicyclic) bond motifs is 1. The van der Waals surface area contributed by atoms with Gasteiger partial charge in [-0.3, -0.25) is 14.5 Å². The van der Waals surface area contributed by atoms with E-state index in [0.717, 1.165) is 6.42 Å². The van der Waals surface area contributed by atoms with Gasteiger partial charge in [-0.2, -0.15) is 13.2 Å². The lowest BCUT2D eigenvalue weighted by Crippen LogP contribution is -2.52. The van der Waals surface area contributed by atoms with E-state index in [9.17, 15) is 27.6 Å². The van der Waals surface area contributed by atoms with Gasteiger partial charge in [-0.15, -0.1) is 0 Å². The second-order valence-electron chi connectivity index (χ2n) is 9.73. The largest absolute Gasteiger partial charge is 0.401 e. The first kappa shape index (κ1) is 25.3. The molecule has 1 aliphatic carbocycles. The summed E-state index contributed by atoms with van der Waals surface area (Å²) in [7, 11) is 0.